The second-order valence-electron chi connectivity index (χ2n) is 6.31. The van der Waals surface area contributed by atoms with Gasteiger partial charge < -0.3 is 10.5 Å². The second kappa shape index (κ2) is 7.03. The minimum atomic E-state index is -0.164. The standard InChI is InChI=1S/C20H19N5O2/c1-2-27-15-8-6-13-4-3-5-19(17(13)11-15)25-12-22-23-20(25)16-9-7-14(24-26)10-18(16)21/h3-8,10-12,16H,2,9,21H2,1H3. The monoisotopic (exact) mass is 361 g/mol. The van der Waals surface area contributed by atoms with E-state index in [0.717, 1.165) is 28.0 Å². The number of nitrogens with two attached hydrogens (primary N) is 1. The summed E-state index contributed by atoms with van der Waals surface area (Å²) in [4.78, 5) is 10.8. The van der Waals surface area contributed by atoms with Gasteiger partial charge in [0.25, 0.3) is 0 Å². The van der Waals surface area contributed by atoms with E-state index in [-0.39, 0.29) is 5.92 Å². The number of hydrogen-bond acceptors (Lipinski definition) is 6. The Labute approximate surface area is 156 Å². The van der Waals surface area contributed by atoms with E-state index in [1.807, 2.05) is 41.8 Å². The van der Waals surface area contributed by atoms with Crippen molar-refractivity contribution in [2.75, 3.05) is 6.61 Å². The van der Waals surface area contributed by atoms with Crippen molar-refractivity contribution >= 4 is 10.8 Å². The molecule has 0 radical (unpaired) electrons. The molecule has 1 heterocycles. The first-order valence-corrected chi connectivity index (χ1v) is 8.77. The molecule has 27 heavy (non-hydrogen) atoms. The van der Waals surface area contributed by atoms with Gasteiger partial charge in [-0.3, -0.25) is 4.57 Å². The average molecular weight is 361 g/mol. The zero-order valence-corrected chi connectivity index (χ0v) is 14.9. The molecule has 1 unspecified atom stereocenters. The molecule has 0 saturated carbocycles. The molecule has 2 N–H and O–H groups in total. The summed E-state index contributed by atoms with van der Waals surface area (Å²) >= 11 is 0. The van der Waals surface area contributed by atoms with Crippen LogP contribution < -0.4 is 10.5 Å². The first-order chi connectivity index (χ1) is 13.2. The molecule has 1 aliphatic carbocycles. The molecule has 0 aliphatic heterocycles. The van der Waals surface area contributed by atoms with E-state index in [2.05, 4.69) is 21.4 Å². The summed E-state index contributed by atoms with van der Waals surface area (Å²) in [5.74, 6) is 1.37. The SMILES string of the molecule is CCOc1ccc2cccc(-n3cnnc3C3CC=C(N=O)C=C3N)c2c1. The third-order valence-electron chi connectivity index (χ3n) is 4.67. The van der Waals surface area contributed by atoms with Crippen molar-refractivity contribution in [2.45, 2.75) is 19.3 Å². The maximum Gasteiger partial charge on any atom is 0.146 e. The molecule has 0 fully saturated rings. The van der Waals surface area contributed by atoms with E-state index in [1.54, 1.807) is 18.5 Å². The molecule has 7 heteroatoms. The summed E-state index contributed by atoms with van der Waals surface area (Å²) in [5, 5.41) is 13.5. The molecule has 3 aromatic rings. The first kappa shape index (κ1) is 17.0. The molecule has 1 aliphatic rings. The van der Waals surface area contributed by atoms with Gasteiger partial charge in [-0.25, -0.2) is 0 Å². The van der Waals surface area contributed by atoms with E-state index in [9.17, 15) is 4.91 Å². The number of benzene rings is 2. The molecule has 136 valence electrons. The molecular weight excluding hydrogens is 342 g/mol. The van der Waals surface area contributed by atoms with Crippen LogP contribution in [0.4, 0.5) is 0 Å². The highest BCUT2D eigenvalue weighted by atomic mass is 16.5. The molecule has 2 aromatic carbocycles. The Kier molecular flexibility index (Phi) is 4.42. The van der Waals surface area contributed by atoms with Gasteiger partial charge >= 0.3 is 0 Å². The molecule has 0 spiro atoms. The lowest BCUT2D eigenvalue weighted by Gasteiger charge is -2.20. The smallest absolute Gasteiger partial charge is 0.146 e. The topological polar surface area (TPSA) is 95.4 Å². The van der Waals surface area contributed by atoms with Crippen LogP contribution in [0, 0.1) is 4.91 Å². The summed E-state index contributed by atoms with van der Waals surface area (Å²) in [6.07, 6.45) is 5.60. The molecule has 0 amide bonds. The summed E-state index contributed by atoms with van der Waals surface area (Å²) in [7, 11) is 0. The van der Waals surface area contributed by atoms with E-state index in [4.69, 9.17) is 10.5 Å². The Morgan fingerprint density at radius 1 is 1.33 bits per heavy atom. The Balaban J connectivity index is 1.81. The normalized spacial score (nSPS) is 16.7. The van der Waals surface area contributed by atoms with E-state index >= 15 is 0 Å². The lowest BCUT2D eigenvalue weighted by Crippen LogP contribution is -2.17. The fraction of sp³-hybridized carbons (Fsp3) is 0.200. The van der Waals surface area contributed by atoms with Gasteiger partial charge in [-0.15, -0.1) is 15.1 Å². The van der Waals surface area contributed by atoms with Crippen LogP contribution in [0.3, 0.4) is 0 Å². The van der Waals surface area contributed by atoms with E-state index in [1.165, 1.54) is 0 Å². The number of allylic oxidation sites excluding steroid dienone is 3. The number of nitroso groups, excluding NO2 is 1. The Morgan fingerprint density at radius 3 is 3.00 bits per heavy atom. The highest BCUT2D eigenvalue weighted by Gasteiger charge is 2.24. The van der Waals surface area contributed by atoms with Crippen molar-refractivity contribution in [3.05, 3.63) is 77.0 Å². The second-order valence-corrected chi connectivity index (χ2v) is 6.31. The highest BCUT2D eigenvalue weighted by molar-refractivity contribution is 5.91. The Bertz CT molecular complexity index is 1070. The predicted octanol–water partition coefficient (Wildman–Crippen LogP) is 3.80. The van der Waals surface area contributed by atoms with Crippen LogP contribution in [0.2, 0.25) is 0 Å². The van der Waals surface area contributed by atoms with Gasteiger partial charge in [0.15, 0.2) is 0 Å². The van der Waals surface area contributed by atoms with Crippen LogP contribution in [0.15, 0.2) is 71.4 Å². The van der Waals surface area contributed by atoms with Crippen LogP contribution >= 0.6 is 0 Å². The molecular formula is C20H19N5O2. The van der Waals surface area contributed by atoms with Crippen molar-refractivity contribution in [3.63, 3.8) is 0 Å². The van der Waals surface area contributed by atoms with E-state index < -0.39 is 0 Å². The first-order valence-electron chi connectivity index (χ1n) is 8.77. The number of fused-ring (bicyclic) bond motifs is 1. The maximum atomic E-state index is 10.8. The van der Waals surface area contributed by atoms with Gasteiger partial charge in [0.05, 0.1) is 18.2 Å². The van der Waals surface area contributed by atoms with Crippen molar-refractivity contribution in [3.8, 4) is 11.4 Å². The molecule has 0 saturated heterocycles. The number of hydrogen-bond donors (Lipinski definition) is 1. The van der Waals surface area contributed by atoms with Gasteiger partial charge in [0.1, 0.15) is 23.6 Å². The lowest BCUT2D eigenvalue weighted by atomic mass is 9.95. The van der Waals surface area contributed by atoms with Crippen molar-refractivity contribution in [1.29, 1.82) is 0 Å². The third kappa shape index (κ3) is 3.08. The minimum absolute atomic E-state index is 0.164. The quantitative estimate of drug-likeness (QED) is 0.697. The summed E-state index contributed by atoms with van der Waals surface area (Å²) < 4.78 is 7.60. The van der Waals surface area contributed by atoms with Crippen LogP contribution in [-0.2, 0) is 0 Å². The van der Waals surface area contributed by atoms with Crippen molar-refractivity contribution < 1.29 is 4.74 Å². The molecule has 1 atom stereocenters. The van der Waals surface area contributed by atoms with Gasteiger partial charge in [0, 0.05) is 11.1 Å². The van der Waals surface area contributed by atoms with Crippen molar-refractivity contribution in [1.82, 2.24) is 14.8 Å². The summed E-state index contributed by atoms with van der Waals surface area (Å²) in [6, 6.07) is 12.1. The number of aromatic nitrogens is 3. The number of rotatable bonds is 5. The fourth-order valence-corrected chi connectivity index (χ4v) is 3.39. The molecule has 4 rings (SSSR count). The highest BCUT2D eigenvalue weighted by Crippen LogP contribution is 2.33. The third-order valence-corrected chi connectivity index (χ3v) is 4.67. The lowest BCUT2D eigenvalue weighted by molar-refractivity contribution is 0.340. The van der Waals surface area contributed by atoms with Gasteiger partial charge in [-0.1, -0.05) is 24.3 Å². The predicted molar refractivity (Wildman–Crippen MR) is 104 cm³/mol. The fourth-order valence-electron chi connectivity index (χ4n) is 3.39. The van der Waals surface area contributed by atoms with Gasteiger partial charge in [0.2, 0.25) is 0 Å². The van der Waals surface area contributed by atoms with E-state index in [0.29, 0.717) is 24.4 Å². The zero-order valence-electron chi connectivity index (χ0n) is 14.9. The average Bonchev–Trinajstić information content (AvgIpc) is 3.17. The van der Waals surface area contributed by atoms with Crippen LogP contribution in [0.1, 0.15) is 25.1 Å². The molecule has 0 bridgehead atoms. The number of ether oxygens (including phenoxy) is 1. The van der Waals surface area contributed by atoms with Crippen molar-refractivity contribution in [2.24, 2.45) is 10.9 Å². The van der Waals surface area contributed by atoms with Crippen LogP contribution in [0.25, 0.3) is 16.5 Å². The largest absolute Gasteiger partial charge is 0.494 e. The molecule has 1 aromatic heterocycles. The van der Waals surface area contributed by atoms with Crippen LogP contribution in [-0.4, -0.2) is 21.4 Å². The Hall–Kier alpha value is -3.48. The minimum Gasteiger partial charge on any atom is -0.494 e. The van der Waals surface area contributed by atoms with Gasteiger partial charge in [-0.2, -0.15) is 0 Å². The summed E-state index contributed by atoms with van der Waals surface area (Å²) in [6.45, 7) is 2.57. The van der Waals surface area contributed by atoms with Gasteiger partial charge in [-0.05, 0) is 48.2 Å². The maximum absolute atomic E-state index is 10.8. The number of nitrogens with zero attached hydrogens (tertiary/aromatic N) is 4. The Morgan fingerprint density at radius 2 is 2.22 bits per heavy atom. The molecule has 7 nitrogen and oxygen atoms in total. The zero-order chi connectivity index (χ0) is 18.8. The summed E-state index contributed by atoms with van der Waals surface area (Å²) in [5.41, 5.74) is 8.03. The van der Waals surface area contributed by atoms with Crippen LogP contribution in [0.5, 0.6) is 5.75 Å².